The molecule has 4 N–H and O–H groups in total. The molecule has 1 saturated heterocycles. The second-order valence-corrected chi connectivity index (χ2v) is 4.21. The normalized spacial score (nSPS) is 20.1. The number of rotatable bonds is 2. The molecule has 0 aromatic heterocycles. The molecule has 1 aliphatic rings. The molecule has 82 valence electrons. The van der Waals surface area contributed by atoms with E-state index in [4.69, 9.17) is 11.5 Å². The summed E-state index contributed by atoms with van der Waals surface area (Å²) in [6.45, 7) is 2.21. The zero-order valence-corrected chi connectivity index (χ0v) is 9.02. The molecule has 1 aliphatic heterocycles. The van der Waals surface area contributed by atoms with Crippen LogP contribution in [0.15, 0.2) is 24.3 Å². The van der Waals surface area contributed by atoms with Crippen molar-refractivity contribution < 1.29 is 0 Å². The standard InChI is InChI=1S/C12H19N3/c13-11-6-4-5-10(9-11)12(14)15-7-2-1-3-8-15/h4-6,9,12H,1-3,7-8,13-14H2. The van der Waals surface area contributed by atoms with Crippen molar-refractivity contribution in [2.45, 2.75) is 25.4 Å². The number of nitrogens with zero attached hydrogens (tertiary/aromatic N) is 1. The minimum Gasteiger partial charge on any atom is -0.399 e. The van der Waals surface area contributed by atoms with Crippen molar-refractivity contribution in [3.63, 3.8) is 0 Å². The van der Waals surface area contributed by atoms with Crippen molar-refractivity contribution >= 4 is 5.69 Å². The summed E-state index contributed by atoms with van der Waals surface area (Å²) in [6, 6.07) is 7.88. The molecule has 3 nitrogen and oxygen atoms in total. The molecule has 0 radical (unpaired) electrons. The van der Waals surface area contributed by atoms with Crippen LogP contribution in [0.25, 0.3) is 0 Å². The van der Waals surface area contributed by atoms with Crippen molar-refractivity contribution in [3.05, 3.63) is 29.8 Å². The van der Waals surface area contributed by atoms with Gasteiger partial charge in [-0.2, -0.15) is 0 Å². The van der Waals surface area contributed by atoms with E-state index in [9.17, 15) is 0 Å². The highest BCUT2D eigenvalue weighted by molar-refractivity contribution is 5.41. The van der Waals surface area contributed by atoms with E-state index < -0.39 is 0 Å². The highest BCUT2D eigenvalue weighted by Gasteiger charge is 2.18. The van der Waals surface area contributed by atoms with Gasteiger partial charge < -0.3 is 11.5 Å². The van der Waals surface area contributed by atoms with Crippen molar-refractivity contribution in [3.8, 4) is 0 Å². The largest absolute Gasteiger partial charge is 0.399 e. The Morgan fingerprint density at radius 2 is 1.87 bits per heavy atom. The summed E-state index contributed by atoms with van der Waals surface area (Å²) in [5.41, 5.74) is 13.9. The van der Waals surface area contributed by atoms with Gasteiger partial charge in [0, 0.05) is 5.69 Å². The molecule has 1 unspecified atom stereocenters. The molecule has 1 fully saturated rings. The molecule has 0 spiro atoms. The average Bonchev–Trinajstić information content (AvgIpc) is 2.29. The zero-order valence-electron chi connectivity index (χ0n) is 9.02. The lowest BCUT2D eigenvalue weighted by atomic mass is 10.1. The van der Waals surface area contributed by atoms with Gasteiger partial charge in [0.15, 0.2) is 0 Å². The van der Waals surface area contributed by atoms with Crippen molar-refractivity contribution in [1.29, 1.82) is 0 Å². The van der Waals surface area contributed by atoms with Crippen LogP contribution >= 0.6 is 0 Å². The lowest BCUT2D eigenvalue weighted by molar-refractivity contribution is 0.167. The van der Waals surface area contributed by atoms with Gasteiger partial charge in [-0.05, 0) is 43.6 Å². The van der Waals surface area contributed by atoms with Crippen molar-refractivity contribution in [1.82, 2.24) is 4.90 Å². The second kappa shape index (κ2) is 4.64. The number of anilines is 1. The summed E-state index contributed by atoms with van der Waals surface area (Å²) < 4.78 is 0. The molecule has 15 heavy (non-hydrogen) atoms. The summed E-state index contributed by atoms with van der Waals surface area (Å²) in [5.74, 6) is 0. The van der Waals surface area contributed by atoms with Crippen molar-refractivity contribution in [2.24, 2.45) is 5.73 Å². The van der Waals surface area contributed by atoms with Gasteiger partial charge in [-0.3, -0.25) is 4.90 Å². The van der Waals surface area contributed by atoms with Crippen LogP contribution < -0.4 is 11.5 Å². The second-order valence-electron chi connectivity index (χ2n) is 4.21. The van der Waals surface area contributed by atoms with E-state index in [1.54, 1.807) is 0 Å². The van der Waals surface area contributed by atoms with Crippen LogP contribution in [-0.2, 0) is 0 Å². The summed E-state index contributed by atoms with van der Waals surface area (Å²) in [5, 5.41) is 0. The van der Waals surface area contributed by atoms with Gasteiger partial charge in [0.25, 0.3) is 0 Å². The Morgan fingerprint density at radius 1 is 1.13 bits per heavy atom. The third kappa shape index (κ3) is 2.49. The van der Waals surface area contributed by atoms with Crippen LogP contribution in [0, 0.1) is 0 Å². The number of hydrogen-bond donors (Lipinski definition) is 2. The molecular weight excluding hydrogens is 186 g/mol. The first-order valence-corrected chi connectivity index (χ1v) is 5.62. The summed E-state index contributed by atoms with van der Waals surface area (Å²) in [7, 11) is 0. The molecule has 1 atom stereocenters. The average molecular weight is 205 g/mol. The fourth-order valence-electron chi connectivity index (χ4n) is 2.15. The number of piperidine rings is 1. The Morgan fingerprint density at radius 3 is 2.53 bits per heavy atom. The first-order chi connectivity index (χ1) is 7.27. The molecule has 3 heteroatoms. The monoisotopic (exact) mass is 205 g/mol. The lowest BCUT2D eigenvalue weighted by Gasteiger charge is -2.32. The van der Waals surface area contributed by atoms with Gasteiger partial charge in [0.05, 0.1) is 6.17 Å². The lowest BCUT2D eigenvalue weighted by Crippen LogP contribution is -2.38. The first kappa shape index (κ1) is 10.5. The van der Waals surface area contributed by atoms with E-state index in [0.717, 1.165) is 24.3 Å². The number of nitrogen functional groups attached to an aromatic ring is 1. The highest BCUT2D eigenvalue weighted by Crippen LogP contribution is 2.21. The van der Waals surface area contributed by atoms with Gasteiger partial charge in [-0.25, -0.2) is 0 Å². The third-order valence-corrected chi connectivity index (χ3v) is 3.04. The van der Waals surface area contributed by atoms with E-state index in [1.165, 1.54) is 19.3 Å². The fourth-order valence-corrected chi connectivity index (χ4v) is 2.15. The molecule has 0 aliphatic carbocycles. The summed E-state index contributed by atoms with van der Waals surface area (Å²) in [4.78, 5) is 2.33. The van der Waals surface area contributed by atoms with Gasteiger partial charge in [0.2, 0.25) is 0 Å². The third-order valence-electron chi connectivity index (χ3n) is 3.04. The molecule has 0 saturated carbocycles. The SMILES string of the molecule is Nc1cccc(C(N)N2CCCCC2)c1. The number of benzene rings is 1. The molecule has 0 amide bonds. The van der Waals surface area contributed by atoms with Crippen LogP contribution in [0.2, 0.25) is 0 Å². The van der Waals surface area contributed by atoms with Crippen LogP contribution in [0.1, 0.15) is 31.0 Å². The Hall–Kier alpha value is -1.06. The smallest absolute Gasteiger partial charge is 0.0836 e. The molecule has 1 aromatic rings. The number of nitrogens with two attached hydrogens (primary N) is 2. The maximum Gasteiger partial charge on any atom is 0.0836 e. The van der Waals surface area contributed by atoms with E-state index >= 15 is 0 Å². The predicted octanol–water partition coefficient (Wildman–Crippen LogP) is 1.71. The molecular formula is C12H19N3. The van der Waals surface area contributed by atoms with Crippen molar-refractivity contribution in [2.75, 3.05) is 18.8 Å². The molecule has 0 bridgehead atoms. The maximum absolute atomic E-state index is 6.21. The Labute approximate surface area is 91.1 Å². The first-order valence-electron chi connectivity index (χ1n) is 5.62. The highest BCUT2D eigenvalue weighted by atomic mass is 15.2. The summed E-state index contributed by atoms with van der Waals surface area (Å²) in [6.07, 6.45) is 3.86. The number of likely N-dealkylation sites (tertiary alicyclic amines) is 1. The summed E-state index contributed by atoms with van der Waals surface area (Å²) >= 11 is 0. The topological polar surface area (TPSA) is 55.3 Å². The van der Waals surface area contributed by atoms with E-state index in [2.05, 4.69) is 11.0 Å². The van der Waals surface area contributed by atoms with Crippen LogP contribution in [-0.4, -0.2) is 18.0 Å². The van der Waals surface area contributed by atoms with Gasteiger partial charge in [-0.15, -0.1) is 0 Å². The molecule has 1 heterocycles. The van der Waals surface area contributed by atoms with Crippen LogP contribution in [0.4, 0.5) is 5.69 Å². The quantitative estimate of drug-likeness (QED) is 0.723. The maximum atomic E-state index is 6.21. The predicted molar refractivity (Wildman–Crippen MR) is 63.2 cm³/mol. The van der Waals surface area contributed by atoms with E-state index in [1.807, 2.05) is 18.2 Å². The van der Waals surface area contributed by atoms with Gasteiger partial charge >= 0.3 is 0 Å². The van der Waals surface area contributed by atoms with Gasteiger partial charge in [0.1, 0.15) is 0 Å². The van der Waals surface area contributed by atoms with Crippen LogP contribution in [0.5, 0.6) is 0 Å². The Bertz CT molecular complexity index is 318. The minimum absolute atomic E-state index is 0.00815. The number of hydrogen-bond acceptors (Lipinski definition) is 3. The van der Waals surface area contributed by atoms with E-state index in [0.29, 0.717) is 0 Å². The van der Waals surface area contributed by atoms with E-state index in [-0.39, 0.29) is 6.17 Å². The zero-order chi connectivity index (χ0) is 10.7. The Kier molecular flexibility index (Phi) is 3.23. The van der Waals surface area contributed by atoms with Crippen LogP contribution in [0.3, 0.4) is 0 Å². The minimum atomic E-state index is 0.00815. The molecule has 1 aromatic carbocycles. The Balaban J connectivity index is 2.08. The van der Waals surface area contributed by atoms with Gasteiger partial charge in [-0.1, -0.05) is 18.6 Å². The fraction of sp³-hybridized carbons (Fsp3) is 0.500. The molecule has 2 rings (SSSR count).